The molecule has 154 valence electrons. The fourth-order valence-corrected chi connectivity index (χ4v) is 4.87. The number of fused-ring (bicyclic) bond motifs is 1. The highest BCUT2D eigenvalue weighted by Gasteiger charge is 2.39. The number of hydrogen-bond acceptors (Lipinski definition) is 6. The number of halogens is 3. The van der Waals surface area contributed by atoms with Crippen LogP contribution in [0.3, 0.4) is 0 Å². The van der Waals surface area contributed by atoms with Crippen molar-refractivity contribution >= 4 is 23.1 Å². The Labute approximate surface area is 173 Å². The first-order valence-corrected chi connectivity index (χ1v) is 10.1. The number of allylic oxidation sites excluding steroid dienone is 2. The van der Waals surface area contributed by atoms with Crippen LogP contribution >= 0.6 is 11.3 Å². The van der Waals surface area contributed by atoms with E-state index in [4.69, 9.17) is 0 Å². The van der Waals surface area contributed by atoms with Crippen LogP contribution in [0.2, 0.25) is 0 Å². The lowest BCUT2D eigenvalue weighted by Crippen LogP contribution is -2.33. The number of ketones is 1. The van der Waals surface area contributed by atoms with Crippen molar-refractivity contribution in [1.29, 1.82) is 0 Å². The monoisotopic (exact) mass is 432 g/mol. The Balaban J connectivity index is 1.53. The molecule has 0 fully saturated rings. The molecule has 5 rings (SSSR count). The first-order valence-electron chi connectivity index (χ1n) is 9.21. The molecule has 1 aromatic carbocycles. The Bertz CT molecular complexity index is 1120. The molecule has 6 nitrogen and oxygen atoms in total. The maximum absolute atomic E-state index is 13.2. The van der Waals surface area contributed by atoms with Crippen LogP contribution in [0.25, 0.3) is 0 Å². The Kier molecular flexibility index (Phi) is 4.39. The van der Waals surface area contributed by atoms with Crippen molar-refractivity contribution in [2.24, 2.45) is 0 Å². The van der Waals surface area contributed by atoms with Crippen molar-refractivity contribution in [3.8, 4) is 5.75 Å². The molecule has 1 aliphatic carbocycles. The van der Waals surface area contributed by atoms with Crippen LogP contribution in [-0.4, -0.2) is 26.9 Å². The average Bonchev–Trinajstić information content (AvgIpc) is 3.37. The molecule has 0 amide bonds. The van der Waals surface area contributed by atoms with Crippen LogP contribution in [0.1, 0.15) is 35.2 Å². The number of ether oxygens (including phenoxy) is 1. The van der Waals surface area contributed by atoms with Crippen molar-refractivity contribution in [1.82, 2.24) is 14.8 Å². The Morgan fingerprint density at radius 1 is 1.17 bits per heavy atom. The number of benzene rings is 1. The summed E-state index contributed by atoms with van der Waals surface area (Å²) in [5.74, 6) is 0.250. The first kappa shape index (κ1) is 18.9. The van der Waals surface area contributed by atoms with Gasteiger partial charge in [-0.05, 0) is 35.6 Å². The minimum atomic E-state index is -4.76. The minimum absolute atomic E-state index is 0.0103. The lowest BCUT2D eigenvalue weighted by atomic mass is 9.80. The van der Waals surface area contributed by atoms with Crippen molar-refractivity contribution < 1.29 is 22.7 Å². The van der Waals surface area contributed by atoms with Gasteiger partial charge >= 0.3 is 6.36 Å². The highest BCUT2D eigenvalue weighted by atomic mass is 32.1. The molecule has 1 N–H and O–H groups in total. The molecular weight excluding hydrogens is 417 g/mol. The molecule has 0 spiro atoms. The standard InChI is InChI=1S/C20H15F3N4O2S/c21-20(22,23)29-13-5-3-11(4-6-13)18-17-14(26-19-24-10-25-27(18)19)8-12(9-15(17)28)16-2-1-7-30-16/h1-7,10,12,18H,8-9H2,(H,24,25,26)/t12-,18-/m1/s1. The van der Waals surface area contributed by atoms with Crippen LogP contribution in [0.4, 0.5) is 19.1 Å². The molecule has 2 aliphatic rings. The summed E-state index contributed by atoms with van der Waals surface area (Å²) in [5, 5.41) is 9.45. The number of nitrogens with zero attached hydrogens (tertiary/aromatic N) is 3. The number of alkyl halides is 3. The molecular formula is C20H15F3N4O2S. The molecule has 0 unspecified atom stereocenters. The highest BCUT2D eigenvalue weighted by Crippen LogP contribution is 2.44. The molecule has 0 saturated heterocycles. The molecule has 1 aliphatic heterocycles. The summed E-state index contributed by atoms with van der Waals surface area (Å²) in [6.45, 7) is 0. The molecule has 3 heterocycles. The second kappa shape index (κ2) is 6.98. The van der Waals surface area contributed by atoms with E-state index in [0.717, 1.165) is 10.6 Å². The van der Waals surface area contributed by atoms with Gasteiger partial charge in [-0.15, -0.1) is 24.5 Å². The summed E-state index contributed by atoms with van der Waals surface area (Å²) in [4.78, 5) is 18.5. The quantitative estimate of drug-likeness (QED) is 0.652. The third-order valence-electron chi connectivity index (χ3n) is 5.24. The van der Waals surface area contributed by atoms with Crippen molar-refractivity contribution in [2.45, 2.75) is 31.2 Å². The van der Waals surface area contributed by atoms with Gasteiger partial charge < -0.3 is 10.1 Å². The number of anilines is 1. The molecule has 2 atom stereocenters. The number of rotatable bonds is 3. The summed E-state index contributed by atoms with van der Waals surface area (Å²) >= 11 is 1.62. The zero-order chi connectivity index (χ0) is 20.9. The fourth-order valence-electron chi connectivity index (χ4n) is 4.04. The number of Topliss-reactive ketones (excluding diaryl/α,β-unsaturated/α-hetero) is 1. The molecule has 0 bridgehead atoms. The lowest BCUT2D eigenvalue weighted by molar-refractivity contribution is -0.274. The maximum Gasteiger partial charge on any atom is 0.573 e. The summed E-state index contributed by atoms with van der Waals surface area (Å²) in [5.41, 5.74) is 1.99. The molecule has 10 heteroatoms. The predicted octanol–water partition coefficient (Wildman–Crippen LogP) is 4.65. The highest BCUT2D eigenvalue weighted by molar-refractivity contribution is 7.10. The van der Waals surface area contributed by atoms with E-state index in [2.05, 4.69) is 20.1 Å². The van der Waals surface area contributed by atoms with Gasteiger partial charge in [0, 0.05) is 28.5 Å². The fraction of sp³-hybridized carbons (Fsp3) is 0.250. The number of hydrogen-bond donors (Lipinski definition) is 1. The van der Waals surface area contributed by atoms with Crippen molar-refractivity contribution in [3.05, 3.63) is 69.8 Å². The zero-order valence-electron chi connectivity index (χ0n) is 15.4. The van der Waals surface area contributed by atoms with Gasteiger partial charge in [-0.1, -0.05) is 18.2 Å². The number of aromatic nitrogens is 3. The normalized spacial score (nSPS) is 21.1. The number of carbonyl (C=O) groups excluding carboxylic acids is 1. The second-order valence-electron chi connectivity index (χ2n) is 7.11. The van der Waals surface area contributed by atoms with Gasteiger partial charge in [-0.25, -0.2) is 4.68 Å². The second-order valence-corrected chi connectivity index (χ2v) is 8.09. The SMILES string of the molecule is O=C1C[C@H](c2cccs2)CC2=C1[C@@H](c1ccc(OC(F)(F)F)cc1)n1ncnc1N2. The third-order valence-corrected chi connectivity index (χ3v) is 6.27. The Morgan fingerprint density at radius 3 is 2.67 bits per heavy atom. The van der Waals surface area contributed by atoms with E-state index in [0.29, 0.717) is 29.9 Å². The van der Waals surface area contributed by atoms with Gasteiger partial charge in [-0.3, -0.25) is 4.79 Å². The molecule has 30 heavy (non-hydrogen) atoms. The molecule has 0 saturated carbocycles. The lowest BCUT2D eigenvalue weighted by Gasteiger charge is -2.34. The zero-order valence-corrected chi connectivity index (χ0v) is 16.2. The molecule has 2 aromatic heterocycles. The van der Waals surface area contributed by atoms with Gasteiger partial charge in [0.15, 0.2) is 5.78 Å². The van der Waals surface area contributed by atoms with Crippen molar-refractivity contribution in [3.63, 3.8) is 0 Å². The van der Waals surface area contributed by atoms with Crippen LogP contribution in [0.15, 0.2) is 59.4 Å². The van der Waals surface area contributed by atoms with Gasteiger partial charge in [0.05, 0.1) is 0 Å². The summed E-state index contributed by atoms with van der Waals surface area (Å²) in [6.07, 6.45) is -2.35. The topological polar surface area (TPSA) is 69.0 Å². The number of carbonyl (C=O) groups is 1. The molecule has 0 radical (unpaired) electrons. The maximum atomic E-state index is 13.2. The Hall–Kier alpha value is -3.14. The van der Waals surface area contributed by atoms with Gasteiger partial charge in [0.2, 0.25) is 5.95 Å². The summed E-state index contributed by atoms with van der Waals surface area (Å²) < 4.78 is 43.0. The van der Waals surface area contributed by atoms with E-state index in [1.165, 1.54) is 30.6 Å². The average molecular weight is 432 g/mol. The minimum Gasteiger partial charge on any atom is -0.406 e. The van der Waals surface area contributed by atoms with E-state index in [-0.39, 0.29) is 17.5 Å². The van der Waals surface area contributed by atoms with Crippen LogP contribution in [0, 0.1) is 0 Å². The van der Waals surface area contributed by atoms with Gasteiger partial charge in [0.1, 0.15) is 18.1 Å². The predicted molar refractivity (Wildman–Crippen MR) is 103 cm³/mol. The Morgan fingerprint density at radius 2 is 1.97 bits per heavy atom. The first-order chi connectivity index (χ1) is 14.4. The smallest absolute Gasteiger partial charge is 0.406 e. The third kappa shape index (κ3) is 3.36. The van der Waals surface area contributed by atoms with Crippen LogP contribution in [0.5, 0.6) is 5.75 Å². The van der Waals surface area contributed by atoms with Crippen LogP contribution < -0.4 is 10.1 Å². The van der Waals surface area contributed by atoms with Gasteiger partial charge in [-0.2, -0.15) is 10.1 Å². The summed E-state index contributed by atoms with van der Waals surface area (Å²) in [7, 11) is 0. The number of nitrogens with one attached hydrogen (secondary N) is 1. The van der Waals surface area contributed by atoms with Gasteiger partial charge in [0.25, 0.3) is 0 Å². The van der Waals surface area contributed by atoms with Crippen molar-refractivity contribution in [2.75, 3.05) is 5.32 Å². The van der Waals surface area contributed by atoms with E-state index in [1.54, 1.807) is 16.0 Å². The number of thiophene rings is 1. The summed E-state index contributed by atoms with van der Waals surface area (Å²) in [6, 6.07) is 8.95. The van der Waals surface area contributed by atoms with Crippen LogP contribution in [-0.2, 0) is 4.79 Å². The van der Waals surface area contributed by atoms with E-state index in [9.17, 15) is 18.0 Å². The molecule has 3 aromatic rings. The largest absolute Gasteiger partial charge is 0.573 e. The van der Waals surface area contributed by atoms with E-state index >= 15 is 0 Å². The van der Waals surface area contributed by atoms with E-state index in [1.807, 2.05) is 17.5 Å². The van der Waals surface area contributed by atoms with E-state index < -0.39 is 12.4 Å².